The molecule has 0 aliphatic rings. The van der Waals surface area contributed by atoms with Gasteiger partial charge >= 0.3 is 5.97 Å². The average molecular weight is 366 g/mol. The van der Waals surface area contributed by atoms with Gasteiger partial charge in [-0.25, -0.2) is 8.42 Å². The predicted octanol–water partition coefficient (Wildman–Crippen LogP) is 1.94. The minimum atomic E-state index is -3.80. The van der Waals surface area contributed by atoms with Crippen molar-refractivity contribution in [2.45, 2.75) is 18.2 Å². The van der Waals surface area contributed by atoms with E-state index < -0.39 is 16.0 Å². The lowest BCUT2D eigenvalue weighted by Crippen LogP contribution is -2.33. The fourth-order valence-electron chi connectivity index (χ4n) is 1.66. The van der Waals surface area contributed by atoms with E-state index in [-0.39, 0.29) is 30.2 Å². The lowest BCUT2D eigenvalue weighted by molar-refractivity contribution is -0.137. The summed E-state index contributed by atoms with van der Waals surface area (Å²) in [4.78, 5) is 10.6. The molecule has 0 bridgehead atoms. The van der Waals surface area contributed by atoms with Crippen molar-refractivity contribution in [1.29, 1.82) is 0 Å². The van der Waals surface area contributed by atoms with E-state index in [4.69, 9.17) is 9.84 Å². The Kier molecular flexibility index (Phi) is 5.97. The summed E-state index contributed by atoms with van der Waals surface area (Å²) >= 11 is 3.22. The number of methoxy groups -OCH3 is 1. The summed E-state index contributed by atoms with van der Waals surface area (Å²) in [5, 5.41) is 8.69. The number of sulfonamides is 1. The zero-order chi connectivity index (χ0) is 15.3. The van der Waals surface area contributed by atoms with Gasteiger partial charge in [-0.05, 0) is 18.2 Å². The fraction of sp³-hybridized carbons (Fsp3) is 0.417. The Morgan fingerprint density at radius 1 is 1.45 bits per heavy atom. The van der Waals surface area contributed by atoms with Crippen molar-refractivity contribution >= 4 is 31.9 Å². The Balaban J connectivity index is 3.19. The molecule has 0 saturated carbocycles. The molecule has 0 unspecified atom stereocenters. The van der Waals surface area contributed by atoms with E-state index in [1.54, 1.807) is 19.1 Å². The molecule has 112 valence electrons. The van der Waals surface area contributed by atoms with Crippen LogP contribution in [0.1, 0.15) is 13.3 Å². The van der Waals surface area contributed by atoms with Crippen LogP contribution in [-0.2, 0) is 14.8 Å². The molecule has 1 aromatic rings. The van der Waals surface area contributed by atoms with Crippen LogP contribution in [0.2, 0.25) is 0 Å². The van der Waals surface area contributed by atoms with Crippen molar-refractivity contribution in [1.82, 2.24) is 4.31 Å². The van der Waals surface area contributed by atoms with E-state index in [1.807, 2.05) is 0 Å². The molecule has 1 aromatic carbocycles. The van der Waals surface area contributed by atoms with Crippen LogP contribution in [0.3, 0.4) is 0 Å². The van der Waals surface area contributed by atoms with Gasteiger partial charge in [0.2, 0.25) is 10.0 Å². The quantitative estimate of drug-likeness (QED) is 0.797. The molecular weight excluding hydrogens is 350 g/mol. The molecule has 0 heterocycles. The zero-order valence-corrected chi connectivity index (χ0v) is 13.6. The van der Waals surface area contributed by atoms with Crippen molar-refractivity contribution < 1.29 is 23.1 Å². The number of benzene rings is 1. The number of hydrogen-bond acceptors (Lipinski definition) is 4. The average Bonchev–Trinajstić information content (AvgIpc) is 2.38. The normalized spacial score (nSPS) is 11.6. The number of carboxylic acid groups (broad SMARTS) is 1. The van der Waals surface area contributed by atoms with Crippen LogP contribution in [0, 0.1) is 0 Å². The number of hydrogen-bond donors (Lipinski definition) is 1. The van der Waals surface area contributed by atoms with Crippen LogP contribution >= 0.6 is 15.9 Å². The summed E-state index contributed by atoms with van der Waals surface area (Å²) < 4.78 is 31.9. The number of aliphatic carboxylic acids is 1. The molecular formula is C12H16BrNO5S. The maximum Gasteiger partial charge on any atom is 0.304 e. The summed E-state index contributed by atoms with van der Waals surface area (Å²) in [5.74, 6) is -0.818. The van der Waals surface area contributed by atoms with Crippen LogP contribution in [-0.4, -0.2) is 44.0 Å². The highest BCUT2D eigenvalue weighted by molar-refractivity contribution is 9.10. The number of nitrogens with zero attached hydrogens (tertiary/aromatic N) is 1. The summed E-state index contributed by atoms with van der Waals surface area (Å²) in [6, 6.07) is 4.66. The second-order valence-electron chi connectivity index (χ2n) is 3.94. The molecule has 8 heteroatoms. The topological polar surface area (TPSA) is 83.9 Å². The van der Waals surface area contributed by atoms with E-state index in [0.717, 1.165) is 4.31 Å². The third-order valence-corrected chi connectivity index (χ3v) is 5.16. The maximum atomic E-state index is 12.5. The number of ether oxygens (including phenoxy) is 1. The van der Waals surface area contributed by atoms with Crippen LogP contribution in [0.25, 0.3) is 0 Å². The molecule has 0 spiro atoms. The molecule has 0 fully saturated rings. The first kappa shape index (κ1) is 16.9. The van der Waals surface area contributed by atoms with Crippen molar-refractivity contribution in [3.63, 3.8) is 0 Å². The Morgan fingerprint density at radius 2 is 2.10 bits per heavy atom. The Morgan fingerprint density at radius 3 is 2.60 bits per heavy atom. The lowest BCUT2D eigenvalue weighted by Gasteiger charge is -2.21. The first-order chi connectivity index (χ1) is 9.32. The fourth-order valence-corrected chi connectivity index (χ4v) is 3.80. The minimum Gasteiger partial charge on any atom is -0.495 e. The molecule has 0 aliphatic carbocycles. The van der Waals surface area contributed by atoms with Gasteiger partial charge in [-0.3, -0.25) is 4.79 Å². The Labute approximate surface area is 126 Å². The third kappa shape index (κ3) is 3.94. The number of carboxylic acids is 1. The van der Waals surface area contributed by atoms with Gasteiger partial charge in [0, 0.05) is 17.6 Å². The number of carbonyl (C=O) groups is 1. The van der Waals surface area contributed by atoms with E-state index in [0.29, 0.717) is 4.47 Å². The molecule has 1 rings (SSSR count). The maximum absolute atomic E-state index is 12.5. The SMILES string of the molecule is CCN(CCC(=O)O)S(=O)(=O)c1cc(Br)ccc1OC. The lowest BCUT2D eigenvalue weighted by atomic mass is 10.3. The van der Waals surface area contributed by atoms with Crippen molar-refractivity contribution in [3.05, 3.63) is 22.7 Å². The van der Waals surface area contributed by atoms with E-state index in [1.165, 1.54) is 13.2 Å². The molecule has 0 amide bonds. The van der Waals surface area contributed by atoms with Crippen molar-refractivity contribution in [2.24, 2.45) is 0 Å². The van der Waals surface area contributed by atoms with Gasteiger partial charge in [0.05, 0.1) is 13.5 Å². The molecule has 6 nitrogen and oxygen atoms in total. The highest BCUT2D eigenvalue weighted by Crippen LogP contribution is 2.29. The van der Waals surface area contributed by atoms with Gasteiger partial charge in [-0.15, -0.1) is 0 Å². The van der Waals surface area contributed by atoms with Crippen molar-refractivity contribution in [3.8, 4) is 5.75 Å². The van der Waals surface area contributed by atoms with Crippen molar-refractivity contribution in [2.75, 3.05) is 20.2 Å². The smallest absolute Gasteiger partial charge is 0.304 e. The molecule has 0 aliphatic heterocycles. The summed E-state index contributed by atoms with van der Waals surface area (Å²) in [7, 11) is -2.41. The van der Waals surface area contributed by atoms with E-state index >= 15 is 0 Å². The van der Waals surface area contributed by atoms with Gasteiger partial charge in [0.1, 0.15) is 10.6 Å². The third-order valence-electron chi connectivity index (χ3n) is 2.67. The molecule has 0 aromatic heterocycles. The summed E-state index contributed by atoms with van der Waals surface area (Å²) in [6.45, 7) is 1.76. The molecule has 0 atom stereocenters. The number of rotatable bonds is 7. The van der Waals surface area contributed by atoms with Crippen LogP contribution in [0.5, 0.6) is 5.75 Å². The molecule has 20 heavy (non-hydrogen) atoms. The first-order valence-electron chi connectivity index (χ1n) is 5.88. The van der Waals surface area contributed by atoms with Gasteiger partial charge in [-0.1, -0.05) is 22.9 Å². The first-order valence-corrected chi connectivity index (χ1v) is 8.11. The molecule has 0 saturated heterocycles. The Hall–Kier alpha value is -1.12. The Bertz CT molecular complexity index is 588. The number of halogens is 1. The highest BCUT2D eigenvalue weighted by atomic mass is 79.9. The monoisotopic (exact) mass is 365 g/mol. The minimum absolute atomic E-state index is 0.0154. The zero-order valence-electron chi connectivity index (χ0n) is 11.2. The van der Waals surface area contributed by atoms with Gasteiger partial charge in [0.25, 0.3) is 0 Å². The highest BCUT2D eigenvalue weighted by Gasteiger charge is 2.27. The largest absolute Gasteiger partial charge is 0.495 e. The summed E-state index contributed by atoms with van der Waals surface area (Å²) in [6.07, 6.45) is -0.247. The molecule has 1 N–H and O–H groups in total. The van der Waals surface area contributed by atoms with Gasteiger partial charge in [-0.2, -0.15) is 4.31 Å². The second-order valence-corrected chi connectivity index (χ2v) is 6.76. The van der Waals surface area contributed by atoms with Crippen LogP contribution < -0.4 is 4.74 Å². The van der Waals surface area contributed by atoms with Gasteiger partial charge < -0.3 is 9.84 Å². The van der Waals surface area contributed by atoms with Crippen LogP contribution in [0.15, 0.2) is 27.6 Å². The van der Waals surface area contributed by atoms with E-state index in [2.05, 4.69) is 15.9 Å². The standard InChI is InChI=1S/C12H16BrNO5S/c1-3-14(7-6-12(15)16)20(17,18)11-8-9(13)4-5-10(11)19-2/h4-5,8H,3,6-7H2,1-2H3,(H,15,16). The van der Waals surface area contributed by atoms with E-state index in [9.17, 15) is 13.2 Å². The second kappa shape index (κ2) is 7.05. The molecule has 0 radical (unpaired) electrons. The van der Waals surface area contributed by atoms with Crippen LogP contribution in [0.4, 0.5) is 0 Å². The van der Waals surface area contributed by atoms with Gasteiger partial charge in [0.15, 0.2) is 0 Å². The predicted molar refractivity (Wildman–Crippen MR) is 77.4 cm³/mol. The summed E-state index contributed by atoms with van der Waals surface area (Å²) in [5.41, 5.74) is 0.